The Kier molecular flexibility index (Phi) is 4.98. The van der Waals surface area contributed by atoms with Gasteiger partial charge in [-0.2, -0.15) is 5.10 Å². The largest absolute Gasteiger partial charge is 0.481 e. The van der Waals surface area contributed by atoms with Crippen molar-refractivity contribution in [3.8, 4) is 0 Å². The zero-order valence-electron chi connectivity index (χ0n) is 9.81. The van der Waals surface area contributed by atoms with E-state index < -0.39 is 5.97 Å². The van der Waals surface area contributed by atoms with Crippen LogP contribution in [0.4, 0.5) is 0 Å². The molecule has 0 aromatic carbocycles. The van der Waals surface area contributed by atoms with E-state index in [1.54, 1.807) is 0 Å². The third-order valence-corrected chi connectivity index (χ3v) is 2.24. The van der Waals surface area contributed by atoms with E-state index in [1.165, 1.54) is 0 Å². The summed E-state index contributed by atoms with van der Waals surface area (Å²) >= 11 is 0. The molecule has 1 heterocycles. The minimum atomic E-state index is -0.745. The molecule has 16 heavy (non-hydrogen) atoms. The Morgan fingerprint density at radius 3 is 2.94 bits per heavy atom. The van der Waals surface area contributed by atoms with Gasteiger partial charge in [0.15, 0.2) is 0 Å². The number of carbonyl (C=O) groups is 1. The van der Waals surface area contributed by atoms with E-state index in [2.05, 4.69) is 24.3 Å². The van der Waals surface area contributed by atoms with Gasteiger partial charge in [0, 0.05) is 25.2 Å². The van der Waals surface area contributed by atoms with Crippen molar-refractivity contribution in [1.82, 2.24) is 15.1 Å². The molecule has 1 aromatic rings. The molecule has 0 amide bonds. The highest BCUT2D eigenvalue weighted by Gasteiger charge is 2.01. The highest BCUT2D eigenvalue weighted by atomic mass is 16.4. The number of rotatable bonds is 7. The zero-order chi connectivity index (χ0) is 12.0. The quantitative estimate of drug-likeness (QED) is 0.689. The van der Waals surface area contributed by atoms with E-state index in [4.69, 9.17) is 5.11 Å². The van der Waals surface area contributed by atoms with Gasteiger partial charge in [-0.3, -0.25) is 9.48 Å². The molecule has 0 fully saturated rings. The molecule has 1 aromatic heterocycles. The number of aliphatic carboxylic acids is 1. The summed E-state index contributed by atoms with van der Waals surface area (Å²) in [7, 11) is 0. The van der Waals surface area contributed by atoms with Gasteiger partial charge < -0.3 is 10.4 Å². The van der Waals surface area contributed by atoms with Crippen LogP contribution in [0.3, 0.4) is 0 Å². The Morgan fingerprint density at radius 2 is 2.38 bits per heavy atom. The number of aromatic nitrogens is 2. The summed E-state index contributed by atoms with van der Waals surface area (Å²) in [6.45, 7) is 5.56. The molecule has 0 unspecified atom stereocenters. The van der Waals surface area contributed by atoms with E-state index >= 15 is 0 Å². The lowest BCUT2D eigenvalue weighted by atomic mass is 10.3. The fourth-order valence-corrected chi connectivity index (χ4v) is 1.34. The average molecular weight is 225 g/mol. The molecule has 0 saturated carbocycles. The predicted octanol–water partition coefficient (Wildman–Crippen LogP) is 1.42. The van der Waals surface area contributed by atoms with Crippen LogP contribution in [-0.4, -0.2) is 27.4 Å². The van der Waals surface area contributed by atoms with Gasteiger partial charge in [-0.15, -0.1) is 0 Å². The molecule has 1 rings (SSSR count). The van der Waals surface area contributed by atoms with Gasteiger partial charge in [-0.1, -0.05) is 0 Å². The SMILES string of the molecule is CC(C)n1ccc(CNCCCC(=O)O)n1. The molecule has 5 nitrogen and oxygen atoms in total. The van der Waals surface area contributed by atoms with Crippen LogP contribution in [0.15, 0.2) is 12.3 Å². The molecule has 2 N–H and O–H groups in total. The molecule has 0 aliphatic heterocycles. The summed E-state index contributed by atoms with van der Waals surface area (Å²) in [6, 6.07) is 2.35. The molecule has 0 radical (unpaired) electrons. The van der Waals surface area contributed by atoms with Gasteiger partial charge in [0.1, 0.15) is 0 Å². The lowest BCUT2D eigenvalue weighted by Crippen LogP contribution is -2.16. The van der Waals surface area contributed by atoms with Gasteiger partial charge >= 0.3 is 5.97 Å². The first kappa shape index (κ1) is 12.7. The van der Waals surface area contributed by atoms with E-state index in [1.807, 2.05) is 16.9 Å². The molecular weight excluding hydrogens is 206 g/mol. The fourth-order valence-electron chi connectivity index (χ4n) is 1.34. The maximum atomic E-state index is 10.3. The summed E-state index contributed by atoms with van der Waals surface area (Å²) in [5.74, 6) is -0.745. The number of carboxylic acids is 1. The Balaban J connectivity index is 2.19. The molecule has 0 aliphatic carbocycles. The van der Waals surface area contributed by atoms with Crippen LogP contribution in [0.2, 0.25) is 0 Å². The molecule has 90 valence electrons. The smallest absolute Gasteiger partial charge is 0.303 e. The van der Waals surface area contributed by atoms with Crippen LogP contribution >= 0.6 is 0 Å². The van der Waals surface area contributed by atoms with Crippen molar-refractivity contribution in [1.29, 1.82) is 0 Å². The summed E-state index contributed by atoms with van der Waals surface area (Å²) in [4.78, 5) is 10.3. The normalized spacial score (nSPS) is 10.9. The second-order valence-corrected chi connectivity index (χ2v) is 4.05. The van der Waals surface area contributed by atoms with E-state index in [9.17, 15) is 4.79 Å². The molecule has 0 spiro atoms. The van der Waals surface area contributed by atoms with Gasteiger partial charge in [0.25, 0.3) is 0 Å². The summed E-state index contributed by atoms with van der Waals surface area (Å²) in [6.07, 6.45) is 2.83. The first-order valence-electron chi connectivity index (χ1n) is 5.56. The van der Waals surface area contributed by atoms with Crippen LogP contribution in [0.1, 0.15) is 38.4 Å². The van der Waals surface area contributed by atoms with Gasteiger partial charge in [0.05, 0.1) is 5.69 Å². The number of hydrogen-bond donors (Lipinski definition) is 2. The Bertz CT molecular complexity index is 334. The minimum absolute atomic E-state index is 0.216. The number of nitrogens with zero attached hydrogens (tertiary/aromatic N) is 2. The Labute approximate surface area is 95.5 Å². The Morgan fingerprint density at radius 1 is 1.62 bits per heavy atom. The van der Waals surface area contributed by atoms with Crippen LogP contribution in [0, 0.1) is 0 Å². The highest BCUT2D eigenvalue weighted by Crippen LogP contribution is 2.03. The molecule has 0 bridgehead atoms. The van der Waals surface area contributed by atoms with Crippen LogP contribution in [0.5, 0.6) is 0 Å². The van der Waals surface area contributed by atoms with Crippen molar-refractivity contribution in [2.45, 2.75) is 39.3 Å². The van der Waals surface area contributed by atoms with Crippen molar-refractivity contribution in [2.75, 3.05) is 6.54 Å². The van der Waals surface area contributed by atoms with Crippen molar-refractivity contribution in [3.05, 3.63) is 18.0 Å². The molecule has 0 saturated heterocycles. The summed E-state index contributed by atoms with van der Waals surface area (Å²) < 4.78 is 1.91. The van der Waals surface area contributed by atoms with Crippen molar-refractivity contribution >= 4 is 5.97 Å². The lowest BCUT2D eigenvalue weighted by Gasteiger charge is -2.04. The van der Waals surface area contributed by atoms with Crippen molar-refractivity contribution in [2.24, 2.45) is 0 Å². The van der Waals surface area contributed by atoms with E-state index in [0.29, 0.717) is 25.6 Å². The molecular formula is C11H19N3O2. The standard InChI is InChI=1S/C11H19N3O2/c1-9(2)14-7-5-10(13-14)8-12-6-3-4-11(15)16/h5,7,9,12H,3-4,6,8H2,1-2H3,(H,15,16). The van der Waals surface area contributed by atoms with Crippen LogP contribution in [0.25, 0.3) is 0 Å². The van der Waals surface area contributed by atoms with E-state index in [0.717, 1.165) is 5.69 Å². The Hall–Kier alpha value is -1.36. The molecule has 5 heteroatoms. The van der Waals surface area contributed by atoms with Crippen LogP contribution < -0.4 is 5.32 Å². The first-order valence-corrected chi connectivity index (χ1v) is 5.56. The number of carboxylic acid groups (broad SMARTS) is 1. The van der Waals surface area contributed by atoms with Gasteiger partial charge in [-0.05, 0) is 32.9 Å². The summed E-state index contributed by atoms with van der Waals surface area (Å²) in [5, 5.41) is 16.0. The zero-order valence-corrected chi connectivity index (χ0v) is 9.81. The summed E-state index contributed by atoms with van der Waals surface area (Å²) in [5.41, 5.74) is 0.990. The van der Waals surface area contributed by atoms with Crippen LogP contribution in [-0.2, 0) is 11.3 Å². The third-order valence-electron chi connectivity index (χ3n) is 2.24. The van der Waals surface area contributed by atoms with E-state index in [-0.39, 0.29) is 6.42 Å². The number of nitrogens with one attached hydrogen (secondary N) is 1. The molecule has 0 atom stereocenters. The van der Waals surface area contributed by atoms with Gasteiger partial charge in [0.2, 0.25) is 0 Å². The highest BCUT2D eigenvalue weighted by molar-refractivity contribution is 5.66. The third kappa shape index (κ3) is 4.44. The minimum Gasteiger partial charge on any atom is -0.481 e. The first-order chi connectivity index (χ1) is 7.59. The fraction of sp³-hybridized carbons (Fsp3) is 0.636. The van der Waals surface area contributed by atoms with Crippen molar-refractivity contribution in [3.63, 3.8) is 0 Å². The maximum absolute atomic E-state index is 10.3. The second kappa shape index (κ2) is 6.27. The lowest BCUT2D eigenvalue weighted by molar-refractivity contribution is -0.137. The van der Waals surface area contributed by atoms with Crippen molar-refractivity contribution < 1.29 is 9.90 Å². The topological polar surface area (TPSA) is 67.2 Å². The monoisotopic (exact) mass is 225 g/mol. The predicted molar refractivity (Wildman–Crippen MR) is 61.2 cm³/mol. The second-order valence-electron chi connectivity index (χ2n) is 4.05. The maximum Gasteiger partial charge on any atom is 0.303 e. The number of hydrogen-bond acceptors (Lipinski definition) is 3. The van der Waals surface area contributed by atoms with Gasteiger partial charge in [-0.25, -0.2) is 0 Å². The molecule has 0 aliphatic rings. The average Bonchev–Trinajstić information content (AvgIpc) is 2.65.